The minimum Gasteiger partial charge on any atom is -0.446 e. The molecule has 2 aliphatic rings. The van der Waals surface area contributed by atoms with E-state index in [4.69, 9.17) is 13.7 Å². The Morgan fingerprint density at radius 2 is 1.61 bits per heavy atom. The van der Waals surface area contributed by atoms with Crippen molar-refractivity contribution in [2.24, 2.45) is 0 Å². The number of hydrogen-bond donors (Lipinski definition) is 2. The molecule has 0 unspecified atom stereocenters. The molecule has 0 spiro atoms. The summed E-state index contributed by atoms with van der Waals surface area (Å²) in [6.07, 6.45) is 10.7. The maximum atomic E-state index is 10.0. The quantitative estimate of drug-likeness (QED) is 0.405. The van der Waals surface area contributed by atoms with Gasteiger partial charge in [0.2, 0.25) is 0 Å². The summed E-state index contributed by atoms with van der Waals surface area (Å²) in [6.45, 7) is 0.312. The molecule has 36 heavy (non-hydrogen) atoms. The number of fused-ring (bicyclic) bond motifs is 2. The van der Waals surface area contributed by atoms with Crippen LogP contribution in [0, 0.1) is 0 Å². The lowest BCUT2D eigenvalue weighted by atomic mass is 9.53. The summed E-state index contributed by atoms with van der Waals surface area (Å²) in [6, 6.07) is 16.5. The first-order chi connectivity index (χ1) is 17.7. The van der Waals surface area contributed by atoms with Gasteiger partial charge in [0.1, 0.15) is 12.0 Å². The third kappa shape index (κ3) is 6.16. The number of benzene rings is 2. The highest BCUT2D eigenvalue weighted by molar-refractivity contribution is 6.67. The van der Waals surface area contributed by atoms with Crippen molar-refractivity contribution in [3.63, 3.8) is 0 Å². The standard InChI is InChI=1S/C14H16BNO2.C13H14BNO3/c17-15-8-1-2-12-5-3-11(10-14(12)15)4-6-13-7-9-18-16-13;16-14-13-9-10(1-3-11(13)6-8-17-14)2-4-12-5-7-15-18-12/h3,5,7,9-10,17H,1-2,4,6,8H2;1,3,5,7,9,16H,2,4,6,8H2. The van der Waals surface area contributed by atoms with E-state index < -0.39 is 7.12 Å². The SMILES string of the molecule is OB1CCCc2ccc(CCc3ccon3)cc21.OB1OCCc2ccc(CCc3ccno3)cc21. The molecule has 0 radical (unpaired) electrons. The van der Waals surface area contributed by atoms with Crippen molar-refractivity contribution in [3.8, 4) is 0 Å². The minimum atomic E-state index is -0.779. The van der Waals surface area contributed by atoms with E-state index in [2.05, 4.69) is 40.6 Å². The van der Waals surface area contributed by atoms with E-state index in [0.717, 1.165) is 73.6 Å². The van der Waals surface area contributed by atoms with Gasteiger partial charge in [-0.1, -0.05) is 58.7 Å². The van der Waals surface area contributed by atoms with Crippen LogP contribution in [0.2, 0.25) is 6.32 Å². The van der Waals surface area contributed by atoms with E-state index in [1.165, 1.54) is 22.3 Å². The molecule has 0 aliphatic carbocycles. The second kappa shape index (κ2) is 11.7. The van der Waals surface area contributed by atoms with E-state index in [1.807, 2.05) is 18.2 Å². The van der Waals surface area contributed by atoms with E-state index in [-0.39, 0.29) is 6.92 Å². The zero-order chi connectivity index (χ0) is 24.7. The molecule has 2 N–H and O–H groups in total. The molecule has 0 amide bonds. The minimum absolute atomic E-state index is 0.277. The van der Waals surface area contributed by atoms with Gasteiger partial charge in [-0.2, -0.15) is 0 Å². The molecule has 6 rings (SSSR count). The highest BCUT2D eigenvalue weighted by Crippen LogP contribution is 2.16. The van der Waals surface area contributed by atoms with Crippen LogP contribution in [0.3, 0.4) is 0 Å². The Balaban J connectivity index is 0.000000148. The van der Waals surface area contributed by atoms with Crippen LogP contribution in [0.25, 0.3) is 0 Å². The van der Waals surface area contributed by atoms with Gasteiger partial charge in [-0.25, -0.2) is 0 Å². The van der Waals surface area contributed by atoms with E-state index in [9.17, 15) is 10.0 Å². The first-order valence-electron chi connectivity index (χ1n) is 12.7. The summed E-state index contributed by atoms with van der Waals surface area (Å²) in [5, 5.41) is 27.4. The molecule has 0 fully saturated rings. The van der Waals surface area contributed by atoms with Crippen molar-refractivity contribution < 1.29 is 23.7 Å². The molecule has 7 nitrogen and oxygen atoms in total. The van der Waals surface area contributed by atoms with E-state index in [0.29, 0.717) is 6.61 Å². The highest BCUT2D eigenvalue weighted by atomic mass is 16.5. The van der Waals surface area contributed by atoms with Crippen molar-refractivity contribution in [1.29, 1.82) is 0 Å². The van der Waals surface area contributed by atoms with Crippen LogP contribution in [-0.4, -0.2) is 41.0 Å². The first kappa shape index (κ1) is 24.6. The number of hydrogen-bond acceptors (Lipinski definition) is 7. The lowest BCUT2D eigenvalue weighted by molar-refractivity contribution is 0.266. The fraction of sp³-hybridized carbons (Fsp3) is 0.333. The summed E-state index contributed by atoms with van der Waals surface area (Å²) < 4.78 is 15.1. The van der Waals surface area contributed by atoms with Gasteiger partial charge in [-0.15, -0.1) is 0 Å². The lowest BCUT2D eigenvalue weighted by Crippen LogP contribution is -2.41. The topological polar surface area (TPSA) is 102 Å². The Morgan fingerprint density at radius 1 is 0.833 bits per heavy atom. The molecule has 4 aromatic rings. The van der Waals surface area contributed by atoms with Gasteiger partial charge in [0.05, 0.1) is 11.9 Å². The zero-order valence-electron chi connectivity index (χ0n) is 20.3. The summed E-state index contributed by atoms with van der Waals surface area (Å²) in [5.74, 6) is 0.879. The number of aromatic nitrogens is 2. The predicted molar refractivity (Wildman–Crippen MR) is 139 cm³/mol. The van der Waals surface area contributed by atoms with Crippen molar-refractivity contribution >= 4 is 25.0 Å². The fourth-order valence-electron chi connectivity index (χ4n) is 4.88. The molecule has 0 bridgehead atoms. The molecule has 2 aromatic heterocycles. The molecule has 0 atom stereocenters. The summed E-state index contributed by atoms with van der Waals surface area (Å²) >= 11 is 0. The third-order valence-corrected chi connectivity index (χ3v) is 6.93. The maximum absolute atomic E-state index is 10.0. The second-order valence-corrected chi connectivity index (χ2v) is 9.42. The van der Waals surface area contributed by atoms with Crippen LogP contribution in [0.15, 0.2) is 70.0 Å². The first-order valence-corrected chi connectivity index (χ1v) is 12.7. The van der Waals surface area contributed by atoms with Crippen LogP contribution in [0.1, 0.15) is 40.1 Å². The Kier molecular flexibility index (Phi) is 8.01. The van der Waals surface area contributed by atoms with Gasteiger partial charge in [-0.3, -0.25) is 0 Å². The monoisotopic (exact) mass is 484 g/mol. The van der Waals surface area contributed by atoms with Gasteiger partial charge in [-0.05, 0) is 66.0 Å². The molecule has 0 saturated heterocycles. The number of nitrogens with zero attached hydrogens (tertiary/aromatic N) is 2. The van der Waals surface area contributed by atoms with Crippen molar-refractivity contribution in [3.05, 3.63) is 94.7 Å². The average Bonchev–Trinajstić information content (AvgIpc) is 3.62. The molecule has 184 valence electrons. The Bertz CT molecular complexity index is 1150. The van der Waals surface area contributed by atoms with Gasteiger partial charge in [0, 0.05) is 25.2 Å². The van der Waals surface area contributed by atoms with Gasteiger partial charge < -0.3 is 23.7 Å². The van der Waals surface area contributed by atoms with Gasteiger partial charge >= 0.3 is 14.0 Å². The third-order valence-electron chi connectivity index (χ3n) is 6.93. The summed E-state index contributed by atoms with van der Waals surface area (Å²) in [5.41, 5.74) is 7.92. The second-order valence-electron chi connectivity index (χ2n) is 9.42. The number of aryl methyl sites for hydroxylation is 5. The van der Waals surface area contributed by atoms with Crippen LogP contribution in [0.5, 0.6) is 0 Å². The van der Waals surface area contributed by atoms with Crippen LogP contribution in [0.4, 0.5) is 0 Å². The highest BCUT2D eigenvalue weighted by Gasteiger charge is 2.25. The summed E-state index contributed by atoms with van der Waals surface area (Å²) in [7, 11) is -0.779. The normalized spacial score (nSPS) is 14.6. The Labute approximate surface area is 211 Å². The molecule has 2 aliphatic heterocycles. The van der Waals surface area contributed by atoms with E-state index >= 15 is 0 Å². The lowest BCUT2D eigenvalue weighted by Gasteiger charge is -2.19. The zero-order valence-corrected chi connectivity index (χ0v) is 20.3. The molecular formula is C27H30B2N2O5. The molecule has 4 heterocycles. The van der Waals surface area contributed by atoms with Crippen LogP contribution >= 0.6 is 0 Å². The van der Waals surface area contributed by atoms with Crippen LogP contribution < -0.4 is 10.9 Å². The Hall–Kier alpha value is -3.13. The van der Waals surface area contributed by atoms with Crippen LogP contribution in [-0.2, 0) is 43.2 Å². The Morgan fingerprint density at radius 3 is 2.36 bits per heavy atom. The van der Waals surface area contributed by atoms with E-state index in [1.54, 1.807) is 12.5 Å². The smallest absolute Gasteiger partial charge is 0.446 e. The molecule has 0 saturated carbocycles. The van der Waals surface area contributed by atoms with Crippen molar-refractivity contribution in [2.75, 3.05) is 6.61 Å². The largest absolute Gasteiger partial charge is 0.491 e. The molecule has 9 heteroatoms. The van der Waals surface area contributed by atoms with Crippen molar-refractivity contribution in [2.45, 2.75) is 51.3 Å². The molecule has 2 aromatic carbocycles. The van der Waals surface area contributed by atoms with Gasteiger partial charge in [0.15, 0.2) is 0 Å². The maximum Gasteiger partial charge on any atom is 0.491 e. The summed E-state index contributed by atoms with van der Waals surface area (Å²) in [4.78, 5) is 0. The number of rotatable bonds is 6. The fourth-order valence-corrected chi connectivity index (χ4v) is 4.88. The van der Waals surface area contributed by atoms with Crippen molar-refractivity contribution in [1.82, 2.24) is 10.3 Å². The predicted octanol–water partition coefficient (Wildman–Crippen LogP) is 2.32. The average molecular weight is 484 g/mol. The van der Waals surface area contributed by atoms with Gasteiger partial charge in [0.25, 0.3) is 0 Å². The molecular weight excluding hydrogens is 454 g/mol.